The van der Waals surface area contributed by atoms with Crippen LogP contribution in [0.5, 0.6) is 0 Å². The van der Waals surface area contributed by atoms with Gasteiger partial charge in [0.1, 0.15) is 10.5 Å². The lowest BCUT2D eigenvalue weighted by molar-refractivity contribution is -0.144. The summed E-state index contributed by atoms with van der Waals surface area (Å²) >= 11 is 1.55. The third kappa shape index (κ3) is 3.28. The molecule has 0 saturated heterocycles. The van der Waals surface area contributed by atoms with Crippen LogP contribution < -0.4 is 5.32 Å². The zero-order valence-corrected chi connectivity index (χ0v) is 10.7. The van der Waals surface area contributed by atoms with E-state index in [1.165, 1.54) is 0 Å². The Hall–Kier alpha value is -0.940. The Kier molecular flexibility index (Phi) is 4.44. The number of hydrogen-bond acceptors (Lipinski definition) is 4. The van der Waals surface area contributed by atoms with Crippen molar-refractivity contribution in [1.29, 1.82) is 0 Å². The van der Waals surface area contributed by atoms with Crippen LogP contribution in [0.1, 0.15) is 37.4 Å². The summed E-state index contributed by atoms with van der Waals surface area (Å²) in [7, 11) is 0. The Morgan fingerprint density at radius 1 is 1.69 bits per heavy atom. The minimum atomic E-state index is -0.853. The van der Waals surface area contributed by atoms with Gasteiger partial charge in [0.2, 0.25) is 0 Å². The zero-order chi connectivity index (χ0) is 12.2. The number of nitrogens with one attached hydrogen (secondary N) is 1. The van der Waals surface area contributed by atoms with Crippen LogP contribution in [0.25, 0.3) is 0 Å². The molecule has 1 aromatic rings. The summed E-state index contributed by atoms with van der Waals surface area (Å²) in [6.07, 6.45) is 1.46. The van der Waals surface area contributed by atoms with E-state index >= 15 is 0 Å². The number of thiazole rings is 1. The molecule has 0 fully saturated rings. The predicted octanol–water partition coefficient (Wildman–Crippen LogP) is 2.18. The Labute approximate surface area is 99.7 Å². The fourth-order valence-corrected chi connectivity index (χ4v) is 2.24. The number of hydrogen-bond donors (Lipinski definition) is 2. The van der Waals surface area contributed by atoms with E-state index in [-0.39, 0.29) is 0 Å². The second-order valence-electron chi connectivity index (χ2n) is 4.12. The van der Waals surface area contributed by atoms with Gasteiger partial charge in [0.15, 0.2) is 0 Å². The molecular formula is C11H18N2O2S. The second kappa shape index (κ2) is 5.41. The van der Waals surface area contributed by atoms with Gasteiger partial charge in [0.25, 0.3) is 0 Å². The van der Waals surface area contributed by atoms with Gasteiger partial charge in [-0.15, -0.1) is 11.3 Å². The molecule has 1 aromatic heterocycles. The van der Waals surface area contributed by atoms with Crippen molar-refractivity contribution >= 4 is 17.3 Å². The molecule has 0 saturated carbocycles. The maximum absolute atomic E-state index is 11.2. The molecule has 0 aliphatic carbocycles. The first kappa shape index (κ1) is 13.1. The van der Waals surface area contributed by atoms with E-state index in [0.717, 1.165) is 17.1 Å². The average molecular weight is 242 g/mol. The highest BCUT2D eigenvalue weighted by Gasteiger charge is 2.31. The summed E-state index contributed by atoms with van der Waals surface area (Å²) in [6, 6.07) is 0. The van der Waals surface area contributed by atoms with Crippen molar-refractivity contribution in [3.05, 3.63) is 16.1 Å². The van der Waals surface area contributed by atoms with E-state index in [0.29, 0.717) is 13.0 Å². The number of carboxylic acids is 1. The summed E-state index contributed by atoms with van der Waals surface area (Å²) in [5, 5.41) is 15.1. The van der Waals surface area contributed by atoms with Gasteiger partial charge in [-0.25, -0.2) is 4.98 Å². The van der Waals surface area contributed by atoms with Gasteiger partial charge < -0.3 is 5.11 Å². The average Bonchev–Trinajstić information content (AvgIpc) is 2.61. The van der Waals surface area contributed by atoms with Gasteiger partial charge in [-0.05, 0) is 20.3 Å². The number of aromatic nitrogens is 1. The molecule has 0 aliphatic heterocycles. The van der Waals surface area contributed by atoms with Gasteiger partial charge >= 0.3 is 5.97 Å². The number of carbonyl (C=O) groups is 1. The molecule has 0 aliphatic rings. The van der Waals surface area contributed by atoms with E-state index in [9.17, 15) is 4.79 Å². The maximum Gasteiger partial charge on any atom is 0.323 e. The number of aryl methyl sites for hydroxylation is 1. The molecule has 1 heterocycles. The van der Waals surface area contributed by atoms with Gasteiger partial charge in [0.05, 0.1) is 0 Å². The van der Waals surface area contributed by atoms with Crippen LogP contribution in [-0.2, 0) is 11.3 Å². The van der Waals surface area contributed by atoms with E-state index < -0.39 is 11.5 Å². The Balaban J connectivity index is 2.60. The van der Waals surface area contributed by atoms with Crippen molar-refractivity contribution in [1.82, 2.24) is 10.3 Å². The first-order valence-corrected chi connectivity index (χ1v) is 6.25. The van der Waals surface area contributed by atoms with Crippen LogP contribution in [0.3, 0.4) is 0 Å². The monoisotopic (exact) mass is 242 g/mol. The molecule has 90 valence electrons. The Morgan fingerprint density at radius 2 is 2.38 bits per heavy atom. The lowest BCUT2D eigenvalue weighted by Gasteiger charge is -2.25. The number of nitrogens with zero attached hydrogens (tertiary/aromatic N) is 1. The molecule has 0 amide bonds. The van der Waals surface area contributed by atoms with Gasteiger partial charge in [0, 0.05) is 17.6 Å². The van der Waals surface area contributed by atoms with Crippen molar-refractivity contribution in [2.45, 2.75) is 45.7 Å². The fraction of sp³-hybridized carbons (Fsp3) is 0.636. The summed E-state index contributed by atoms with van der Waals surface area (Å²) in [5.41, 5.74) is 0.128. The van der Waals surface area contributed by atoms with Crippen LogP contribution in [0.4, 0.5) is 0 Å². The van der Waals surface area contributed by atoms with Crippen LogP contribution in [0, 0.1) is 6.92 Å². The van der Waals surface area contributed by atoms with Crippen LogP contribution in [0.15, 0.2) is 5.38 Å². The van der Waals surface area contributed by atoms with E-state index in [1.807, 2.05) is 19.2 Å². The highest BCUT2D eigenvalue weighted by Crippen LogP contribution is 2.15. The minimum absolute atomic E-state index is 0.515. The molecule has 0 spiro atoms. The quantitative estimate of drug-likeness (QED) is 0.802. The highest BCUT2D eigenvalue weighted by atomic mass is 32.1. The smallest absolute Gasteiger partial charge is 0.323 e. The predicted molar refractivity (Wildman–Crippen MR) is 64.6 cm³/mol. The van der Waals surface area contributed by atoms with E-state index in [1.54, 1.807) is 18.3 Å². The first-order valence-electron chi connectivity index (χ1n) is 5.37. The van der Waals surface area contributed by atoms with Crippen LogP contribution in [-0.4, -0.2) is 21.6 Å². The largest absolute Gasteiger partial charge is 0.480 e. The summed E-state index contributed by atoms with van der Waals surface area (Å²) in [4.78, 5) is 15.5. The summed E-state index contributed by atoms with van der Waals surface area (Å²) < 4.78 is 0. The zero-order valence-electron chi connectivity index (χ0n) is 9.91. The molecule has 5 heteroatoms. The second-order valence-corrected chi connectivity index (χ2v) is 5.07. The van der Waals surface area contributed by atoms with Crippen molar-refractivity contribution in [3.8, 4) is 0 Å². The molecule has 0 bridgehead atoms. The van der Waals surface area contributed by atoms with Gasteiger partial charge in [-0.2, -0.15) is 0 Å². The van der Waals surface area contributed by atoms with Crippen molar-refractivity contribution < 1.29 is 9.90 Å². The summed E-state index contributed by atoms with van der Waals surface area (Å²) in [6.45, 7) is 6.15. The molecule has 1 atom stereocenters. The maximum atomic E-state index is 11.2. The lowest BCUT2D eigenvalue weighted by Crippen LogP contribution is -2.48. The molecule has 0 radical (unpaired) electrons. The standard InChI is InChI=1S/C11H18N2O2S/c1-4-5-11(3,10(14)15)12-6-9-13-8(2)7-16-9/h7,12H,4-6H2,1-3H3,(H,14,15). The minimum Gasteiger partial charge on any atom is -0.480 e. The third-order valence-electron chi connectivity index (χ3n) is 2.52. The Morgan fingerprint density at radius 3 is 2.81 bits per heavy atom. The van der Waals surface area contributed by atoms with Gasteiger partial charge in [-0.1, -0.05) is 13.3 Å². The fourth-order valence-electron chi connectivity index (χ4n) is 1.53. The lowest BCUT2D eigenvalue weighted by atomic mass is 9.96. The highest BCUT2D eigenvalue weighted by molar-refractivity contribution is 7.09. The van der Waals surface area contributed by atoms with Crippen LogP contribution in [0.2, 0.25) is 0 Å². The number of aliphatic carboxylic acids is 1. The third-order valence-corrected chi connectivity index (χ3v) is 3.49. The molecule has 2 N–H and O–H groups in total. The van der Waals surface area contributed by atoms with Crippen LogP contribution >= 0.6 is 11.3 Å². The van der Waals surface area contributed by atoms with Crippen molar-refractivity contribution in [2.24, 2.45) is 0 Å². The first-order chi connectivity index (χ1) is 7.48. The van der Waals surface area contributed by atoms with Gasteiger partial charge in [-0.3, -0.25) is 10.1 Å². The molecule has 4 nitrogen and oxygen atoms in total. The molecule has 16 heavy (non-hydrogen) atoms. The number of rotatable bonds is 6. The van der Waals surface area contributed by atoms with Crippen molar-refractivity contribution in [3.63, 3.8) is 0 Å². The SMILES string of the molecule is CCCC(C)(NCc1nc(C)cs1)C(=O)O. The molecule has 1 rings (SSSR count). The van der Waals surface area contributed by atoms with E-state index in [4.69, 9.17) is 5.11 Å². The van der Waals surface area contributed by atoms with Crippen molar-refractivity contribution in [2.75, 3.05) is 0 Å². The Bertz CT molecular complexity index is 365. The normalized spacial score (nSPS) is 14.7. The molecule has 1 unspecified atom stereocenters. The number of carboxylic acid groups (broad SMARTS) is 1. The topological polar surface area (TPSA) is 62.2 Å². The summed E-state index contributed by atoms with van der Waals surface area (Å²) in [5.74, 6) is -0.803. The molecular weight excluding hydrogens is 224 g/mol. The molecule has 0 aromatic carbocycles. The van der Waals surface area contributed by atoms with E-state index in [2.05, 4.69) is 10.3 Å².